The average Bonchev–Trinajstić information content (AvgIpc) is 2.33. The second kappa shape index (κ2) is 5.19. The van der Waals surface area contributed by atoms with Crippen LogP contribution in [0, 0.1) is 5.82 Å². The largest absolute Gasteiger partial charge is 0.326 e. The fraction of sp³-hybridized carbons (Fsp3) is 0.0714. The van der Waals surface area contributed by atoms with E-state index in [-0.39, 0.29) is 10.9 Å². The van der Waals surface area contributed by atoms with Gasteiger partial charge >= 0.3 is 0 Å². The zero-order valence-corrected chi connectivity index (χ0v) is 10.5. The molecule has 0 aliphatic rings. The first-order valence-electron chi connectivity index (χ1n) is 5.39. The van der Waals surface area contributed by atoms with Crippen molar-refractivity contribution in [1.29, 1.82) is 0 Å². The molecule has 2 aromatic rings. The normalized spacial score (nSPS) is 10.2. The van der Waals surface area contributed by atoms with E-state index in [0.717, 1.165) is 16.8 Å². The van der Waals surface area contributed by atoms with Crippen molar-refractivity contribution < 1.29 is 9.18 Å². The van der Waals surface area contributed by atoms with Gasteiger partial charge in [-0.15, -0.1) is 0 Å². The minimum atomic E-state index is -0.435. The fourth-order valence-electron chi connectivity index (χ4n) is 1.62. The van der Waals surface area contributed by atoms with Crippen molar-refractivity contribution >= 4 is 23.2 Å². The third-order valence-electron chi connectivity index (χ3n) is 2.46. The lowest BCUT2D eigenvalue weighted by molar-refractivity contribution is -0.114. The zero-order valence-electron chi connectivity index (χ0n) is 9.71. The Kier molecular flexibility index (Phi) is 3.63. The van der Waals surface area contributed by atoms with Gasteiger partial charge in [-0.25, -0.2) is 4.39 Å². The van der Waals surface area contributed by atoms with Crippen molar-refractivity contribution in [1.82, 2.24) is 0 Å². The molecule has 0 aromatic heterocycles. The number of hydrogen-bond donors (Lipinski definition) is 1. The maximum Gasteiger partial charge on any atom is 0.221 e. The molecule has 0 bridgehead atoms. The standard InChI is InChI=1S/C14H11ClFNO/c1-9(18)17-12-5-2-10(3-6-12)11-4-7-14(16)13(15)8-11/h2-8H,1H3,(H,17,18). The monoisotopic (exact) mass is 263 g/mol. The van der Waals surface area contributed by atoms with Crippen LogP contribution in [0.1, 0.15) is 6.92 Å². The number of carbonyl (C=O) groups excluding carboxylic acids is 1. The van der Waals surface area contributed by atoms with E-state index >= 15 is 0 Å². The molecule has 18 heavy (non-hydrogen) atoms. The summed E-state index contributed by atoms with van der Waals surface area (Å²) in [5.41, 5.74) is 2.46. The molecule has 0 heterocycles. The lowest BCUT2D eigenvalue weighted by atomic mass is 10.1. The van der Waals surface area contributed by atoms with E-state index in [2.05, 4.69) is 5.32 Å². The second-order valence-corrected chi connectivity index (χ2v) is 4.29. The number of halogens is 2. The predicted molar refractivity (Wildman–Crippen MR) is 71.1 cm³/mol. The molecule has 0 atom stereocenters. The number of rotatable bonds is 2. The van der Waals surface area contributed by atoms with Crippen LogP contribution >= 0.6 is 11.6 Å². The molecule has 4 heteroatoms. The molecule has 2 nitrogen and oxygen atoms in total. The first kappa shape index (κ1) is 12.6. The van der Waals surface area contributed by atoms with Crippen LogP contribution in [0.25, 0.3) is 11.1 Å². The number of carbonyl (C=O) groups is 1. The van der Waals surface area contributed by atoms with Gasteiger partial charge in [0.15, 0.2) is 0 Å². The summed E-state index contributed by atoms with van der Waals surface area (Å²) >= 11 is 5.73. The highest BCUT2D eigenvalue weighted by Crippen LogP contribution is 2.25. The van der Waals surface area contributed by atoms with E-state index in [1.54, 1.807) is 24.3 Å². The maximum absolute atomic E-state index is 13.0. The molecule has 0 aliphatic carbocycles. The zero-order chi connectivity index (χ0) is 13.1. The van der Waals surface area contributed by atoms with Crippen molar-refractivity contribution in [3.8, 4) is 11.1 Å². The van der Waals surface area contributed by atoms with Gasteiger partial charge in [-0.1, -0.05) is 29.8 Å². The predicted octanol–water partition coefficient (Wildman–Crippen LogP) is 4.10. The maximum atomic E-state index is 13.0. The number of benzene rings is 2. The molecule has 0 saturated carbocycles. The minimum absolute atomic E-state index is 0.0958. The van der Waals surface area contributed by atoms with E-state index in [1.807, 2.05) is 12.1 Å². The highest BCUT2D eigenvalue weighted by molar-refractivity contribution is 6.31. The molecule has 1 N–H and O–H groups in total. The summed E-state index contributed by atoms with van der Waals surface area (Å²) in [6.45, 7) is 1.45. The van der Waals surface area contributed by atoms with E-state index in [4.69, 9.17) is 11.6 Å². The molecule has 2 aromatic carbocycles. The Morgan fingerprint density at radius 3 is 2.28 bits per heavy atom. The van der Waals surface area contributed by atoms with Crippen molar-refractivity contribution in [2.75, 3.05) is 5.32 Å². The summed E-state index contributed by atoms with van der Waals surface area (Å²) in [5, 5.41) is 2.77. The summed E-state index contributed by atoms with van der Waals surface area (Å²) in [7, 11) is 0. The third kappa shape index (κ3) is 2.87. The summed E-state index contributed by atoms with van der Waals surface area (Å²) < 4.78 is 13.0. The van der Waals surface area contributed by atoms with Gasteiger partial charge in [-0.3, -0.25) is 4.79 Å². The van der Waals surface area contributed by atoms with Crippen molar-refractivity contribution in [2.24, 2.45) is 0 Å². The Hall–Kier alpha value is -1.87. The van der Waals surface area contributed by atoms with Crippen LogP contribution in [-0.4, -0.2) is 5.91 Å². The van der Waals surface area contributed by atoms with Crippen molar-refractivity contribution in [3.05, 3.63) is 53.3 Å². The van der Waals surface area contributed by atoms with Crippen molar-refractivity contribution in [3.63, 3.8) is 0 Å². The van der Waals surface area contributed by atoms with Gasteiger partial charge in [0.05, 0.1) is 5.02 Å². The van der Waals surface area contributed by atoms with Gasteiger partial charge in [0.2, 0.25) is 5.91 Å². The summed E-state index contributed by atoms with van der Waals surface area (Å²) in [6, 6.07) is 11.8. The Morgan fingerprint density at radius 2 is 1.72 bits per heavy atom. The Bertz CT molecular complexity index is 581. The molecular weight excluding hydrogens is 253 g/mol. The molecule has 2 rings (SSSR count). The van der Waals surface area contributed by atoms with E-state index in [0.29, 0.717) is 0 Å². The third-order valence-corrected chi connectivity index (χ3v) is 2.75. The Morgan fingerprint density at radius 1 is 1.11 bits per heavy atom. The summed E-state index contributed by atoms with van der Waals surface area (Å²) in [5.74, 6) is -0.553. The Balaban J connectivity index is 2.28. The first-order valence-corrected chi connectivity index (χ1v) is 5.77. The molecule has 92 valence electrons. The average molecular weight is 264 g/mol. The molecule has 0 radical (unpaired) electrons. The fourth-order valence-corrected chi connectivity index (χ4v) is 1.81. The van der Waals surface area contributed by atoms with Gasteiger partial charge in [-0.2, -0.15) is 0 Å². The molecule has 0 fully saturated rings. The van der Waals surface area contributed by atoms with Crippen LogP contribution in [-0.2, 0) is 4.79 Å². The number of hydrogen-bond acceptors (Lipinski definition) is 1. The first-order chi connectivity index (χ1) is 8.56. The lowest BCUT2D eigenvalue weighted by Gasteiger charge is -2.05. The lowest BCUT2D eigenvalue weighted by Crippen LogP contribution is -2.05. The quantitative estimate of drug-likeness (QED) is 0.868. The number of amides is 1. The van der Waals surface area contributed by atoms with Crippen LogP contribution in [0.2, 0.25) is 5.02 Å². The molecule has 0 spiro atoms. The molecular formula is C14H11ClFNO. The summed E-state index contributed by atoms with van der Waals surface area (Å²) in [6.07, 6.45) is 0. The summed E-state index contributed by atoms with van der Waals surface area (Å²) in [4.78, 5) is 10.9. The van der Waals surface area contributed by atoms with Crippen LogP contribution in [0.3, 0.4) is 0 Å². The van der Waals surface area contributed by atoms with Gasteiger partial charge in [0.1, 0.15) is 5.82 Å². The van der Waals surface area contributed by atoms with Crippen LogP contribution in [0.15, 0.2) is 42.5 Å². The smallest absolute Gasteiger partial charge is 0.221 e. The van der Waals surface area contributed by atoms with Gasteiger partial charge in [0.25, 0.3) is 0 Å². The van der Waals surface area contributed by atoms with Gasteiger partial charge in [0, 0.05) is 12.6 Å². The number of nitrogens with one attached hydrogen (secondary N) is 1. The molecule has 1 amide bonds. The minimum Gasteiger partial charge on any atom is -0.326 e. The molecule has 0 unspecified atom stereocenters. The highest BCUT2D eigenvalue weighted by atomic mass is 35.5. The van der Waals surface area contributed by atoms with Gasteiger partial charge in [-0.05, 0) is 35.4 Å². The molecule has 0 saturated heterocycles. The number of anilines is 1. The molecule has 0 aliphatic heterocycles. The second-order valence-electron chi connectivity index (χ2n) is 3.89. The van der Waals surface area contributed by atoms with Crippen LogP contribution in [0.5, 0.6) is 0 Å². The topological polar surface area (TPSA) is 29.1 Å². The van der Waals surface area contributed by atoms with Crippen LogP contribution < -0.4 is 5.32 Å². The van der Waals surface area contributed by atoms with E-state index in [1.165, 1.54) is 13.0 Å². The van der Waals surface area contributed by atoms with Crippen LogP contribution in [0.4, 0.5) is 10.1 Å². The van der Waals surface area contributed by atoms with Gasteiger partial charge < -0.3 is 5.32 Å². The SMILES string of the molecule is CC(=O)Nc1ccc(-c2ccc(F)c(Cl)c2)cc1. The highest BCUT2D eigenvalue weighted by Gasteiger charge is 2.03. The Labute approximate surface area is 109 Å². The van der Waals surface area contributed by atoms with E-state index < -0.39 is 5.82 Å². The van der Waals surface area contributed by atoms with Crippen molar-refractivity contribution in [2.45, 2.75) is 6.92 Å². The van der Waals surface area contributed by atoms with E-state index in [9.17, 15) is 9.18 Å².